The number of para-hydroxylation sites is 2. The molecular formula is C11H19N5O. The summed E-state index contributed by atoms with van der Waals surface area (Å²) in [7, 11) is 7.94. The molecule has 1 atom stereocenters. The molecule has 0 amide bonds. The molecule has 0 bridgehead atoms. The Morgan fingerprint density at radius 2 is 1.76 bits per heavy atom. The summed E-state index contributed by atoms with van der Waals surface area (Å²) in [6.45, 7) is 0. The Morgan fingerprint density at radius 1 is 1.18 bits per heavy atom. The number of hydrogen-bond donors (Lipinski definition) is 2. The molecule has 2 N–H and O–H groups in total. The summed E-state index contributed by atoms with van der Waals surface area (Å²) in [5.41, 5.74) is 5.93. The summed E-state index contributed by atoms with van der Waals surface area (Å²) >= 11 is 0. The van der Waals surface area contributed by atoms with Gasteiger partial charge < -0.3 is 10.5 Å². The minimum absolute atomic E-state index is 0.0270. The number of nitrogens with zero attached hydrogens (tertiary/aromatic N) is 4. The smallest absolute Gasteiger partial charge is 0.177 e. The zero-order chi connectivity index (χ0) is 12.6. The van der Waals surface area contributed by atoms with E-state index in [1.54, 1.807) is 0 Å². The molecule has 0 saturated carbocycles. The third-order valence-corrected chi connectivity index (χ3v) is 2.74. The Balaban J connectivity index is 2.35. The summed E-state index contributed by atoms with van der Waals surface area (Å²) in [4.78, 5) is 4.08. The van der Waals surface area contributed by atoms with Gasteiger partial charge in [0.05, 0.1) is 5.69 Å². The highest BCUT2D eigenvalue weighted by molar-refractivity contribution is 5.67. The second kappa shape index (κ2) is 4.59. The van der Waals surface area contributed by atoms with Gasteiger partial charge in [-0.05, 0) is 34.3 Å². The van der Waals surface area contributed by atoms with Crippen LogP contribution in [0.25, 0.3) is 5.53 Å². The van der Waals surface area contributed by atoms with Gasteiger partial charge in [-0.15, -0.1) is 0 Å². The van der Waals surface area contributed by atoms with Gasteiger partial charge in [0, 0.05) is 6.07 Å². The van der Waals surface area contributed by atoms with Crippen molar-refractivity contribution in [3.63, 3.8) is 0 Å². The Bertz CT molecular complexity index is 387. The lowest BCUT2D eigenvalue weighted by molar-refractivity contribution is -0.999. The first-order valence-electron chi connectivity index (χ1n) is 5.51. The first-order valence-corrected chi connectivity index (χ1v) is 5.51. The fourth-order valence-corrected chi connectivity index (χ4v) is 2.15. The van der Waals surface area contributed by atoms with Crippen molar-refractivity contribution in [3.05, 3.63) is 29.8 Å². The van der Waals surface area contributed by atoms with Crippen molar-refractivity contribution in [2.75, 3.05) is 33.2 Å². The lowest BCUT2D eigenvalue weighted by Gasteiger charge is -2.43. The largest absolute Gasteiger partial charge is 0.391 e. The average molecular weight is 237 g/mol. The van der Waals surface area contributed by atoms with Crippen LogP contribution in [0.3, 0.4) is 0 Å². The first kappa shape index (κ1) is 12.3. The number of hydrogen-bond acceptors (Lipinski definition) is 4. The van der Waals surface area contributed by atoms with E-state index >= 15 is 0 Å². The molecule has 1 aliphatic rings. The summed E-state index contributed by atoms with van der Waals surface area (Å²) in [5, 5.41) is 11.7. The standard InChI is InChI=1S/C11H19N5O/c1-13(2)11(14(3)4)15-9-7-5-6-8-10(9)16(17)12-15/h5-8,11,16-17H,1-4H3. The zero-order valence-electron chi connectivity index (χ0n) is 10.6. The lowest BCUT2D eigenvalue weighted by Crippen LogP contribution is -2.99. The van der Waals surface area contributed by atoms with Crippen LogP contribution in [0.5, 0.6) is 0 Å². The predicted octanol–water partition coefficient (Wildman–Crippen LogP) is 0.0227. The van der Waals surface area contributed by atoms with E-state index in [9.17, 15) is 5.21 Å². The van der Waals surface area contributed by atoms with E-state index in [0.717, 1.165) is 11.4 Å². The molecule has 17 heavy (non-hydrogen) atoms. The average Bonchev–Trinajstić information content (AvgIpc) is 2.56. The maximum Gasteiger partial charge on any atom is 0.177 e. The molecule has 0 spiro atoms. The molecule has 6 heteroatoms. The molecule has 2 rings (SSSR count). The van der Waals surface area contributed by atoms with Gasteiger partial charge in [-0.2, -0.15) is 0 Å². The van der Waals surface area contributed by atoms with Crippen LogP contribution in [0.4, 0.5) is 11.4 Å². The molecule has 0 aromatic heterocycles. The molecule has 94 valence electrons. The fourth-order valence-electron chi connectivity index (χ4n) is 2.15. The molecule has 1 aromatic rings. The number of fused-ring (bicyclic) bond motifs is 1. The topological polar surface area (TPSA) is 48.5 Å². The molecule has 1 unspecified atom stereocenters. The Kier molecular flexibility index (Phi) is 3.32. The van der Waals surface area contributed by atoms with Crippen LogP contribution >= 0.6 is 0 Å². The molecule has 1 heterocycles. The SMILES string of the molecule is CN(C)C(N(C)C)N1[N-][NH+](O)c2ccccc21. The third-order valence-electron chi connectivity index (χ3n) is 2.74. The highest BCUT2D eigenvalue weighted by atomic mass is 16.6. The van der Waals surface area contributed by atoms with E-state index < -0.39 is 0 Å². The molecule has 6 nitrogen and oxygen atoms in total. The van der Waals surface area contributed by atoms with Crippen LogP contribution in [0.15, 0.2) is 24.3 Å². The highest BCUT2D eigenvalue weighted by Crippen LogP contribution is 2.31. The van der Waals surface area contributed by atoms with Crippen molar-refractivity contribution in [2.24, 2.45) is 0 Å². The van der Waals surface area contributed by atoms with Gasteiger partial charge in [-0.25, -0.2) is 10.4 Å². The van der Waals surface area contributed by atoms with Gasteiger partial charge in [0.15, 0.2) is 5.69 Å². The van der Waals surface area contributed by atoms with Crippen molar-refractivity contribution in [1.82, 2.24) is 9.80 Å². The summed E-state index contributed by atoms with van der Waals surface area (Å²) in [6, 6.07) is 7.68. The number of benzene rings is 1. The summed E-state index contributed by atoms with van der Waals surface area (Å²) in [6.07, 6.45) is -0.0270. The van der Waals surface area contributed by atoms with Gasteiger partial charge in [-0.1, -0.05) is 12.1 Å². The number of nitrogens with one attached hydrogen (secondary N) is 1. The van der Waals surface area contributed by atoms with Gasteiger partial charge >= 0.3 is 0 Å². The molecule has 0 aliphatic carbocycles. The van der Waals surface area contributed by atoms with Gasteiger partial charge in [-0.3, -0.25) is 9.80 Å². The highest BCUT2D eigenvalue weighted by Gasteiger charge is 2.28. The number of rotatable bonds is 3. The second-order valence-electron chi connectivity index (χ2n) is 4.56. The molecule has 1 aliphatic heterocycles. The Labute approximate surface area is 102 Å². The minimum atomic E-state index is -0.0270. The molecular weight excluding hydrogens is 218 g/mol. The van der Waals surface area contributed by atoms with Gasteiger partial charge in [0.2, 0.25) is 0 Å². The zero-order valence-corrected chi connectivity index (χ0v) is 10.6. The first-order chi connectivity index (χ1) is 8.02. The van der Waals surface area contributed by atoms with Gasteiger partial charge in [0.25, 0.3) is 0 Å². The van der Waals surface area contributed by atoms with E-state index in [0.29, 0.717) is 0 Å². The van der Waals surface area contributed by atoms with Crippen LogP contribution in [-0.4, -0.2) is 49.5 Å². The maximum absolute atomic E-state index is 9.84. The van der Waals surface area contributed by atoms with Crippen LogP contribution < -0.4 is 10.2 Å². The van der Waals surface area contributed by atoms with E-state index in [4.69, 9.17) is 0 Å². The number of anilines is 1. The van der Waals surface area contributed by atoms with Crippen molar-refractivity contribution < 1.29 is 10.4 Å². The Morgan fingerprint density at radius 3 is 2.35 bits per heavy atom. The van der Waals surface area contributed by atoms with Crippen LogP contribution in [-0.2, 0) is 0 Å². The lowest BCUT2D eigenvalue weighted by atomic mass is 10.2. The van der Waals surface area contributed by atoms with Crippen molar-refractivity contribution >= 4 is 11.4 Å². The van der Waals surface area contributed by atoms with Crippen molar-refractivity contribution in [2.45, 2.75) is 6.29 Å². The third kappa shape index (κ3) is 2.13. The molecule has 0 fully saturated rings. The van der Waals surface area contributed by atoms with Crippen molar-refractivity contribution in [3.8, 4) is 0 Å². The molecule has 1 aromatic carbocycles. The minimum Gasteiger partial charge on any atom is -0.391 e. The quantitative estimate of drug-likeness (QED) is 0.728. The van der Waals surface area contributed by atoms with Crippen LogP contribution in [0, 0.1) is 0 Å². The van der Waals surface area contributed by atoms with E-state index in [-0.39, 0.29) is 11.5 Å². The summed E-state index contributed by atoms with van der Waals surface area (Å²) in [5.74, 6) is 0. The number of quaternary nitrogens is 1. The normalized spacial score (nSPS) is 19.5. The van der Waals surface area contributed by atoms with E-state index in [1.165, 1.54) is 0 Å². The van der Waals surface area contributed by atoms with E-state index in [1.807, 2.05) is 67.3 Å². The van der Waals surface area contributed by atoms with Crippen LogP contribution in [0.1, 0.15) is 0 Å². The van der Waals surface area contributed by atoms with Crippen molar-refractivity contribution in [1.29, 1.82) is 0 Å². The monoisotopic (exact) mass is 237 g/mol. The summed E-state index contributed by atoms with van der Waals surface area (Å²) < 4.78 is 0. The Hall–Kier alpha value is -1.18. The fraction of sp³-hybridized carbons (Fsp3) is 0.455. The second-order valence-corrected chi connectivity index (χ2v) is 4.56. The predicted molar refractivity (Wildman–Crippen MR) is 65.9 cm³/mol. The molecule has 0 radical (unpaired) electrons. The van der Waals surface area contributed by atoms with Gasteiger partial charge in [0.1, 0.15) is 6.29 Å². The molecule has 0 saturated heterocycles. The van der Waals surface area contributed by atoms with Crippen LogP contribution in [0.2, 0.25) is 0 Å². The maximum atomic E-state index is 9.84. The van der Waals surface area contributed by atoms with E-state index in [2.05, 4.69) is 5.53 Å².